The molecule has 2 nitrogen and oxygen atoms in total. The van der Waals surface area contributed by atoms with Gasteiger partial charge in [-0.3, -0.25) is 4.79 Å². The van der Waals surface area contributed by atoms with Gasteiger partial charge >= 0.3 is 0 Å². The molecule has 0 atom stereocenters. The van der Waals surface area contributed by atoms with Crippen LogP contribution in [0, 0.1) is 0 Å². The molecule has 0 amide bonds. The summed E-state index contributed by atoms with van der Waals surface area (Å²) < 4.78 is 0. The summed E-state index contributed by atoms with van der Waals surface area (Å²) >= 11 is 0. The second kappa shape index (κ2) is 5.69. The average molecular weight is 219 g/mol. The quantitative estimate of drug-likeness (QED) is 0.723. The molecule has 1 aromatic carbocycles. The highest BCUT2D eigenvalue weighted by atomic mass is 16.1. The highest BCUT2D eigenvalue weighted by Gasteiger charge is 2.23. The lowest BCUT2D eigenvalue weighted by molar-refractivity contribution is -0.117. The van der Waals surface area contributed by atoms with Gasteiger partial charge in [0.2, 0.25) is 0 Å². The van der Waals surface area contributed by atoms with E-state index in [0.717, 1.165) is 5.56 Å². The topological polar surface area (TPSA) is 20.3 Å². The summed E-state index contributed by atoms with van der Waals surface area (Å²) in [5.74, 6) is 0.317. The van der Waals surface area contributed by atoms with Crippen LogP contribution in [0.1, 0.15) is 33.3 Å². The van der Waals surface area contributed by atoms with E-state index < -0.39 is 0 Å². The van der Waals surface area contributed by atoms with Gasteiger partial charge in [-0.15, -0.1) is 0 Å². The number of hydrogen-bond acceptors (Lipinski definition) is 2. The fourth-order valence-electron chi connectivity index (χ4n) is 1.94. The van der Waals surface area contributed by atoms with Gasteiger partial charge in [-0.1, -0.05) is 32.0 Å². The van der Waals surface area contributed by atoms with Crippen LogP contribution in [0.4, 0.5) is 5.69 Å². The number of benzene rings is 1. The second-order valence-electron chi connectivity index (χ2n) is 4.07. The van der Waals surface area contributed by atoms with Crippen LogP contribution in [-0.2, 0) is 11.2 Å². The highest BCUT2D eigenvalue weighted by molar-refractivity contribution is 5.90. The molecule has 88 valence electrons. The van der Waals surface area contributed by atoms with Gasteiger partial charge in [0.15, 0.2) is 5.78 Å². The van der Waals surface area contributed by atoms with Crippen LogP contribution in [0.5, 0.6) is 0 Å². The van der Waals surface area contributed by atoms with Gasteiger partial charge in [-0.25, -0.2) is 0 Å². The predicted octanol–water partition coefficient (Wildman–Crippen LogP) is 3.05. The molecular formula is C14H21NO. The summed E-state index contributed by atoms with van der Waals surface area (Å²) in [5, 5.41) is 0. The van der Waals surface area contributed by atoms with Gasteiger partial charge in [-0.05, 0) is 25.5 Å². The highest BCUT2D eigenvalue weighted by Crippen LogP contribution is 2.26. The SMILES string of the molecule is CC.CC(C)N1CC(=O)Cc2ccccc21. The van der Waals surface area contributed by atoms with Crippen LogP contribution < -0.4 is 4.90 Å². The molecule has 0 unspecified atom stereocenters. The standard InChI is InChI=1S/C12H15NO.C2H6/c1-9(2)13-8-11(14)7-10-5-3-4-6-12(10)13;1-2/h3-6,9H,7-8H2,1-2H3;1-2H3. The third-order valence-corrected chi connectivity index (χ3v) is 2.66. The summed E-state index contributed by atoms with van der Waals surface area (Å²) in [4.78, 5) is 13.7. The number of anilines is 1. The predicted molar refractivity (Wildman–Crippen MR) is 69.0 cm³/mol. The normalized spacial score (nSPS) is 14.3. The Morgan fingerprint density at radius 1 is 1.19 bits per heavy atom. The summed E-state index contributed by atoms with van der Waals surface area (Å²) in [5.41, 5.74) is 2.39. The average Bonchev–Trinajstić information content (AvgIpc) is 2.30. The minimum Gasteiger partial charge on any atom is -0.362 e. The number of carbonyl (C=O) groups is 1. The fourth-order valence-corrected chi connectivity index (χ4v) is 1.94. The van der Waals surface area contributed by atoms with Crippen LogP contribution in [-0.4, -0.2) is 18.4 Å². The zero-order valence-corrected chi connectivity index (χ0v) is 10.7. The largest absolute Gasteiger partial charge is 0.362 e. The molecule has 0 radical (unpaired) electrons. The van der Waals surface area contributed by atoms with Crippen molar-refractivity contribution < 1.29 is 4.79 Å². The lowest BCUT2D eigenvalue weighted by atomic mass is 10.00. The molecule has 1 aliphatic rings. The van der Waals surface area contributed by atoms with E-state index in [1.807, 2.05) is 32.0 Å². The van der Waals surface area contributed by atoms with Crippen molar-refractivity contribution in [3.8, 4) is 0 Å². The Morgan fingerprint density at radius 3 is 2.44 bits per heavy atom. The zero-order valence-electron chi connectivity index (χ0n) is 10.7. The van der Waals surface area contributed by atoms with E-state index in [1.165, 1.54) is 5.69 Å². The first-order valence-electron chi connectivity index (χ1n) is 6.04. The Hall–Kier alpha value is -1.31. The van der Waals surface area contributed by atoms with Crippen molar-refractivity contribution >= 4 is 11.5 Å². The van der Waals surface area contributed by atoms with Crippen molar-refractivity contribution in [1.82, 2.24) is 0 Å². The molecule has 2 heteroatoms. The van der Waals surface area contributed by atoms with Gasteiger partial charge < -0.3 is 4.90 Å². The number of rotatable bonds is 1. The van der Waals surface area contributed by atoms with Crippen LogP contribution in [0.15, 0.2) is 24.3 Å². The Labute approximate surface area is 98.3 Å². The van der Waals surface area contributed by atoms with E-state index >= 15 is 0 Å². The number of fused-ring (bicyclic) bond motifs is 1. The van der Waals surface area contributed by atoms with Crippen LogP contribution >= 0.6 is 0 Å². The van der Waals surface area contributed by atoms with Crippen LogP contribution in [0.3, 0.4) is 0 Å². The number of Topliss-reactive ketones (excluding diaryl/α,β-unsaturated/α-hetero) is 1. The van der Waals surface area contributed by atoms with Gasteiger partial charge in [0.25, 0.3) is 0 Å². The maximum Gasteiger partial charge on any atom is 0.156 e. The molecule has 0 aliphatic carbocycles. The number of carbonyl (C=O) groups excluding carboxylic acids is 1. The third-order valence-electron chi connectivity index (χ3n) is 2.66. The monoisotopic (exact) mass is 219 g/mol. The second-order valence-corrected chi connectivity index (χ2v) is 4.07. The summed E-state index contributed by atoms with van der Waals surface area (Å²) in [7, 11) is 0. The van der Waals surface area contributed by atoms with Gasteiger partial charge in [0, 0.05) is 18.2 Å². The Bertz CT molecular complexity index is 358. The first kappa shape index (κ1) is 12.8. The number of hydrogen-bond donors (Lipinski definition) is 0. The summed E-state index contributed by atoms with van der Waals surface area (Å²) in [6.45, 7) is 8.81. The van der Waals surface area contributed by atoms with Crippen molar-refractivity contribution in [2.75, 3.05) is 11.4 Å². The van der Waals surface area contributed by atoms with E-state index in [4.69, 9.17) is 0 Å². The first-order chi connectivity index (χ1) is 7.68. The number of ketones is 1. The maximum atomic E-state index is 11.5. The van der Waals surface area contributed by atoms with Crippen molar-refractivity contribution in [2.24, 2.45) is 0 Å². The molecule has 0 bridgehead atoms. The minimum atomic E-state index is 0.317. The molecule has 2 rings (SSSR count). The first-order valence-corrected chi connectivity index (χ1v) is 6.04. The molecule has 0 N–H and O–H groups in total. The molecule has 0 saturated heterocycles. The van der Waals surface area contributed by atoms with Gasteiger partial charge in [-0.2, -0.15) is 0 Å². The lowest BCUT2D eigenvalue weighted by Gasteiger charge is -2.33. The van der Waals surface area contributed by atoms with Crippen molar-refractivity contribution in [3.63, 3.8) is 0 Å². The van der Waals surface area contributed by atoms with Crippen molar-refractivity contribution in [3.05, 3.63) is 29.8 Å². The Kier molecular flexibility index (Phi) is 4.53. The number of nitrogens with zero attached hydrogens (tertiary/aromatic N) is 1. The zero-order chi connectivity index (χ0) is 12.1. The van der Waals surface area contributed by atoms with E-state index in [2.05, 4.69) is 24.8 Å². The van der Waals surface area contributed by atoms with Crippen LogP contribution in [0.25, 0.3) is 0 Å². The van der Waals surface area contributed by atoms with E-state index in [9.17, 15) is 4.79 Å². The molecular weight excluding hydrogens is 198 g/mol. The molecule has 1 aromatic rings. The van der Waals surface area contributed by atoms with Crippen LogP contribution in [0.2, 0.25) is 0 Å². The van der Waals surface area contributed by atoms with E-state index in [-0.39, 0.29) is 0 Å². The Morgan fingerprint density at radius 2 is 1.81 bits per heavy atom. The summed E-state index contributed by atoms with van der Waals surface area (Å²) in [6, 6.07) is 8.56. The molecule has 0 aromatic heterocycles. The molecule has 1 heterocycles. The van der Waals surface area contributed by atoms with Gasteiger partial charge in [0.1, 0.15) is 0 Å². The molecule has 0 spiro atoms. The molecule has 1 aliphatic heterocycles. The van der Waals surface area contributed by atoms with E-state index in [1.54, 1.807) is 0 Å². The number of para-hydroxylation sites is 1. The summed E-state index contributed by atoms with van der Waals surface area (Å²) in [6.07, 6.45) is 0.597. The fraction of sp³-hybridized carbons (Fsp3) is 0.500. The van der Waals surface area contributed by atoms with E-state index in [0.29, 0.717) is 24.8 Å². The van der Waals surface area contributed by atoms with Crippen molar-refractivity contribution in [1.29, 1.82) is 0 Å². The Balaban J connectivity index is 0.000000606. The third kappa shape index (κ3) is 2.63. The van der Waals surface area contributed by atoms with Gasteiger partial charge in [0.05, 0.1) is 6.54 Å². The molecule has 0 saturated carbocycles. The smallest absolute Gasteiger partial charge is 0.156 e. The van der Waals surface area contributed by atoms with Crippen molar-refractivity contribution in [2.45, 2.75) is 40.2 Å². The molecule has 16 heavy (non-hydrogen) atoms. The minimum absolute atomic E-state index is 0.317. The molecule has 0 fully saturated rings. The maximum absolute atomic E-state index is 11.5. The lowest BCUT2D eigenvalue weighted by Crippen LogP contribution is -2.40.